The van der Waals surface area contributed by atoms with Gasteiger partial charge in [0.15, 0.2) is 0 Å². The Balaban J connectivity index is 1.98. The monoisotopic (exact) mass is 288 g/mol. The van der Waals surface area contributed by atoms with Crippen LogP contribution in [0.2, 0.25) is 0 Å². The number of aromatic nitrogens is 2. The molecule has 0 radical (unpaired) electrons. The minimum absolute atomic E-state index is 0.443. The molecule has 114 valence electrons. The molecule has 1 heterocycles. The van der Waals surface area contributed by atoms with E-state index in [2.05, 4.69) is 35.5 Å². The summed E-state index contributed by atoms with van der Waals surface area (Å²) in [6.45, 7) is 6.76. The van der Waals surface area contributed by atoms with Crippen LogP contribution in [0.3, 0.4) is 0 Å². The summed E-state index contributed by atoms with van der Waals surface area (Å²) in [5.74, 6) is -0.443. The van der Waals surface area contributed by atoms with Gasteiger partial charge in [0, 0.05) is 6.54 Å². The Labute approximate surface area is 125 Å². The second kappa shape index (κ2) is 5.85. The van der Waals surface area contributed by atoms with Crippen LogP contribution in [0.25, 0.3) is 11.0 Å². The number of nitrogens with zero attached hydrogens (tertiary/aromatic N) is 2. The van der Waals surface area contributed by atoms with E-state index in [9.17, 15) is 4.79 Å². The maximum atomic E-state index is 11.2. The molecular formula is C16H24N4O. The Bertz CT molecular complexity index is 658. The molecule has 1 amide bonds. The molecule has 0 fully saturated rings. The van der Waals surface area contributed by atoms with Crippen molar-refractivity contribution < 1.29 is 4.79 Å². The molecule has 0 saturated carbocycles. The number of nitrogens with two attached hydrogens (primary N) is 2. The minimum Gasteiger partial charge on any atom is -0.368 e. The maximum Gasteiger partial charge on any atom is 0.237 e. The van der Waals surface area contributed by atoms with Crippen LogP contribution >= 0.6 is 0 Å². The number of hydrogen-bond donors (Lipinski definition) is 2. The van der Waals surface area contributed by atoms with Crippen LogP contribution in [0.15, 0.2) is 18.5 Å². The van der Waals surface area contributed by atoms with E-state index >= 15 is 0 Å². The Hall–Kier alpha value is -1.88. The van der Waals surface area contributed by atoms with E-state index < -0.39 is 11.4 Å². The molecule has 0 aliphatic rings. The second-order valence-electron chi connectivity index (χ2n) is 6.10. The van der Waals surface area contributed by atoms with E-state index in [-0.39, 0.29) is 0 Å². The summed E-state index contributed by atoms with van der Waals surface area (Å²) in [4.78, 5) is 15.6. The number of aryl methyl sites for hydroxylation is 3. The third kappa shape index (κ3) is 3.42. The number of rotatable bonds is 6. The van der Waals surface area contributed by atoms with E-state index in [0.29, 0.717) is 6.42 Å². The topological polar surface area (TPSA) is 86.9 Å². The number of amides is 1. The van der Waals surface area contributed by atoms with Gasteiger partial charge < -0.3 is 16.0 Å². The van der Waals surface area contributed by atoms with E-state index in [4.69, 9.17) is 11.5 Å². The average Bonchev–Trinajstić information content (AvgIpc) is 2.77. The number of imidazole rings is 1. The van der Waals surface area contributed by atoms with E-state index in [1.807, 2.05) is 6.33 Å². The third-order valence-corrected chi connectivity index (χ3v) is 4.14. The first-order valence-corrected chi connectivity index (χ1v) is 7.32. The normalized spacial score (nSPS) is 14.3. The lowest BCUT2D eigenvalue weighted by molar-refractivity contribution is -0.122. The van der Waals surface area contributed by atoms with Crippen LogP contribution < -0.4 is 11.5 Å². The van der Waals surface area contributed by atoms with Gasteiger partial charge in [-0.15, -0.1) is 0 Å². The highest BCUT2D eigenvalue weighted by molar-refractivity contribution is 5.83. The smallest absolute Gasteiger partial charge is 0.237 e. The molecular weight excluding hydrogens is 264 g/mol. The predicted octanol–water partition coefficient (Wildman–Crippen LogP) is 2.03. The van der Waals surface area contributed by atoms with Gasteiger partial charge in [-0.05, 0) is 63.3 Å². The van der Waals surface area contributed by atoms with Crippen LogP contribution in [0, 0.1) is 13.8 Å². The van der Waals surface area contributed by atoms with Crippen molar-refractivity contribution in [2.24, 2.45) is 11.5 Å². The van der Waals surface area contributed by atoms with Gasteiger partial charge in [0.2, 0.25) is 5.91 Å². The molecule has 5 heteroatoms. The van der Waals surface area contributed by atoms with Crippen LogP contribution in [0.5, 0.6) is 0 Å². The van der Waals surface area contributed by atoms with Crippen molar-refractivity contribution in [1.29, 1.82) is 0 Å². The van der Waals surface area contributed by atoms with Crippen molar-refractivity contribution in [3.05, 3.63) is 29.6 Å². The maximum absolute atomic E-state index is 11.2. The Kier molecular flexibility index (Phi) is 4.32. The minimum atomic E-state index is -0.912. The van der Waals surface area contributed by atoms with E-state index in [0.717, 1.165) is 30.4 Å². The Morgan fingerprint density at radius 1 is 1.29 bits per heavy atom. The lowest BCUT2D eigenvalue weighted by Crippen LogP contribution is -2.49. The average molecular weight is 288 g/mol. The zero-order valence-electron chi connectivity index (χ0n) is 13.0. The first-order valence-electron chi connectivity index (χ1n) is 7.32. The van der Waals surface area contributed by atoms with Gasteiger partial charge >= 0.3 is 0 Å². The molecule has 2 rings (SSSR count). The third-order valence-electron chi connectivity index (χ3n) is 4.14. The van der Waals surface area contributed by atoms with Gasteiger partial charge in [-0.3, -0.25) is 4.79 Å². The van der Waals surface area contributed by atoms with Crippen LogP contribution in [0.4, 0.5) is 0 Å². The molecule has 1 aromatic heterocycles. The van der Waals surface area contributed by atoms with Gasteiger partial charge in [0.1, 0.15) is 0 Å². The van der Waals surface area contributed by atoms with Crippen molar-refractivity contribution >= 4 is 16.9 Å². The molecule has 4 N–H and O–H groups in total. The zero-order chi connectivity index (χ0) is 15.6. The number of carbonyl (C=O) groups excluding carboxylic acids is 1. The summed E-state index contributed by atoms with van der Waals surface area (Å²) < 4.78 is 2.15. The Morgan fingerprint density at radius 3 is 2.62 bits per heavy atom. The van der Waals surface area contributed by atoms with Crippen molar-refractivity contribution in [1.82, 2.24) is 9.55 Å². The molecule has 0 saturated heterocycles. The number of unbranched alkanes of at least 4 members (excludes halogenated alkanes) is 1. The molecule has 2 aromatic rings. The predicted molar refractivity (Wildman–Crippen MR) is 84.8 cm³/mol. The number of benzene rings is 1. The van der Waals surface area contributed by atoms with Gasteiger partial charge in [-0.1, -0.05) is 0 Å². The number of carbonyl (C=O) groups is 1. The van der Waals surface area contributed by atoms with E-state index in [1.165, 1.54) is 11.1 Å². The summed E-state index contributed by atoms with van der Waals surface area (Å²) >= 11 is 0. The SMILES string of the molecule is Cc1cc2ncn(CCCCC(C)(N)C(N)=O)c2cc1C. The van der Waals surface area contributed by atoms with Gasteiger partial charge in [0.05, 0.1) is 22.9 Å². The first kappa shape index (κ1) is 15.5. The Morgan fingerprint density at radius 2 is 1.95 bits per heavy atom. The highest BCUT2D eigenvalue weighted by Crippen LogP contribution is 2.19. The second-order valence-corrected chi connectivity index (χ2v) is 6.10. The summed E-state index contributed by atoms with van der Waals surface area (Å²) in [6.07, 6.45) is 4.28. The number of hydrogen-bond acceptors (Lipinski definition) is 3. The van der Waals surface area contributed by atoms with Crippen molar-refractivity contribution in [2.45, 2.75) is 52.1 Å². The van der Waals surface area contributed by atoms with Crippen molar-refractivity contribution in [3.8, 4) is 0 Å². The molecule has 1 atom stereocenters. The largest absolute Gasteiger partial charge is 0.368 e. The number of primary amides is 1. The molecule has 0 bridgehead atoms. The summed E-state index contributed by atoms with van der Waals surface area (Å²) in [6, 6.07) is 4.29. The standard InChI is InChI=1S/C16H24N4O/c1-11-8-13-14(9-12(11)2)20(10-19-13)7-5-4-6-16(3,18)15(17)21/h8-10H,4-7,18H2,1-3H3,(H2,17,21). The fourth-order valence-electron chi connectivity index (χ4n) is 2.39. The van der Waals surface area contributed by atoms with Gasteiger partial charge in [0.25, 0.3) is 0 Å². The molecule has 1 unspecified atom stereocenters. The summed E-state index contributed by atoms with van der Waals surface area (Å²) in [7, 11) is 0. The zero-order valence-corrected chi connectivity index (χ0v) is 13.0. The van der Waals surface area contributed by atoms with E-state index in [1.54, 1.807) is 6.92 Å². The molecule has 21 heavy (non-hydrogen) atoms. The quantitative estimate of drug-likeness (QED) is 0.797. The highest BCUT2D eigenvalue weighted by atomic mass is 16.1. The van der Waals surface area contributed by atoms with Crippen molar-refractivity contribution in [3.63, 3.8) is 0 Å². The van der Waals surface area contributed by atoms with Gasteiger partial charge in [-0.2, -0.15) is 0 Å². The molecule has 5 nitrogen and oxygen atoms in total. The van der Waals surface area contributed by atoms with Crippen LogP contribution in [-0.2, 0) is 11.3 Å². The summed E-state index contributed by atoms with van der Waals surface area (Å²) in [5.41, 5.74) is 14.9. The van der Waals surface area contributed by atoms with Crippen molar-refractivity contribution in [2.75, 3.05) is 0 Å². The molecule has 0 spiro atoms. The van der Waals surface area contributed by atoms with Crippen LogP contribution in [-0.4, -0.2) is 21.0 Å². The van der Waals surface area contributed by atoms with Crippen LogP contribution in [0.1, 0.15) is 37.3 Å². The van der Waals surface area contributed by atoms with Gasteiger partial charge in [-0.25, -0.2) is 4.98 Å². The molecule has 0 aliphatic heterocycles. The lowest BCUT2D eigenvalue weighted by Gasteiger charge is -2.20. The fourth-order valence-corrected chi connectivity index (χ4v) is 2.39. The number of fused-ring (bicyclic) bond motifs is 1. The lowest BCUT2D eigenvalue weighted by atomic mass is 9.95. The highest BCUT2D eigenvalue weighted by Gasteiger charge is 2.24. The molecule has 0 aliphatic carbocycles. The summed E-state index contributed by atoms with van der Waals surface area (Å²) in [5, 5.41) is 0. The first-order chi connectivity index (χ1) is 9.81. The molecule has 1 aromatic carbocycles. The fraction of sp³-hybridized carbons (Fsp3) is 0.500.